The van der Waals surface area contributed by atoms with Crippen LogP contribution in [0.15, 0.2) is 84.0 Å². The lowest BCUT2D eigenvalue weighted by Gasteiger charge is -2.11. The number of carbonyl (C=O) groups is 1. The molecule has 0 aliphatic heterocycles. The van der Waals surface area contributed by atoms with Crippen molar-refractivity contribution in [3.63, 3.8) is 0 Å². The molecule has 2 N–H and O–H groups in total. The van der Waals surface area contributed by atoms with Crippen molar-refractivity contribution in [1.29, 1.82) is 0 Å². The molecule has 0 spiro atoms. The molecule has 29 heavy (non-hydrogen) atoms. The Morgan fingerprint density at radius 2 is 1.62 bits per heavy atom. The van der Waals surface area contributed by atoms with Crippen LogP contribution in [0.25, 0.3) is 17.1 Å². The molecule has 0 aliphatic rings. The van der Waals surface area contributed by atoms with Gasteiger partial charge in [-0.2, -0.15) is 0 Å². The van der Waals surface area contributed by atoms with E-state index in [1.54, 1.807) is 23.9 Å². The molecular weight excluding hydrogens is 380 g/mol. The molecule has 4 rings (SSSR count). The van der Waals surface area contributed by atoms with Gasteiger partial charge in [0.2, 0.25) is 5.91 Å². The predicted molar refractivity (Wildman–Crippen MR) is 116 cm³/mol. The zero-order chi connectivity index (χ0) is 20.2. The number of rotatable bonds is 6. The van der Waals surface area contributed by atoms with E-state index >= 15 is 0 Å². The van der Waals surface area contributed by atoms with Crippen LogP contribution < -0.4 is 5.73 Å². The molecular formula is C23H20N4OS. The maximum absolute atomic E-state index is 11.2. The number of hydrogen-bond donors (Lipinski definition) is 1. The second-order valence-corrected chi connectivity index (χ2v) is 7.64. The summed E-state index contributed by atoms with van der Waals surface area (Å²) in [6.07, 6.45) is 0. The summed E-state index contributed by atoms with van der Waals surface area (Å²) in [7, 11) is 0. The summed E-state index contributed by atoms with van der Waals surface area (Å²) < 4.78 is 2.08. The van der Waals surface area contributed by atoms with Crippen LogP contribution in [0.1, 0.15) is 21.5 Å². The first kappa shape index (κ1) is 19.0. The fourth-order valence-electron chi connectivity index (χ4n) is 2.98. The van der Waals surface area contributed by atoms with E-state index in [1.165, 1.54) is 5.56 Å². The van der Waals surface area contributed by atoms with E-state index in [2.05, 4.69) is 46.0 Å². The second kappa shape index (κ2) is 8.32. The molecule has 1 heterocycles. The van der Waals surface area contributed by atoms with Crippen LogP contribution in [-0.4, -0.2) is 20.7 Å². The highest BCUT2D eigenvalue weighted by Gasteiger charge is 2.16. The third-order valence-electron chi connectivity index (χ3n) is 4.56. The molecule has 0 aliphatic carbocycles. The summed E-state index contributed by atoms with van der Waals surface area (Å²) >= 11 is 1.60. The molecule has 0 bridgehead atoms. The van der Waals surface area contributed by atoms with Crippen LogP contribution in [0.4, 0.5) is 0 Å². The van der Waals surface area contributed by atoms with E-state index in [0.29, 0.717) is 11.3 Å². The number of nitrogens with two attached hydrogens (primary N) is 1. The summed E-state index contributed by atoms with van der Waals surface area (Å²) in [6.45, 7) is 2.07. The second-order valence-electron chi connectivity index (χ2n) is 6.69. The van der Waals surface area contributed by atoms with Crippen LogP contribution in [0.2, 0.25) is 0 Å². The molecule has 0 saturated heterocycles. The van der Waals surface area contributed by atoms with E-state index in [1.807, 2.05) is 42.5 Å². The van der Waals surface area contributed by atoms with E-state index < -0.39 is 5.91 Å². The SMILES string of the molecule is Cc1ccc(-n2c(SCc3ccc(C(N)=O)cc3)nnc2-c2ccccc2)cc1. The fraction of sp³-hybridized carbons (Fsp3) is 0.0870. The van der Waals surface area contributed by atoms with Crippen molar-refractivity contribution >= 4 is 17.7 Å². The van der Waals surface area contributed by atoms with Gasteiger partial charge in [-0.3, -0.25) is 9.36 Å². The van der Waals surface area contributed by atoms with Crippen molar-refractivity contribution in [3.8, 4) is 17.1 Å². The molecule has 1 aromatic heterocycles. The highest BCUT2D eigenvalue weighted by atomic mass is 32.2. The Hall–Kier alpha value is -3.38. The average molecular weight is 401 g/mol. The molecule has 5 nitrogen and oxygen atoms in total. The summed E-state index contributed by atoms with van der Waals surface area (Å²) in [6, 6.07) is 25.7. The third kappa shape index (κ3) is 4.22. The number of hydrogen-bond acceptors (Lipinski definition) is 4. The molecule has 1 amide bonds. The Labute approximate surface area is 173 Å². The minimum atomic E-state index is -0.421. The number of primary amides is 1. The number of aryl methyl sites for hydroxylation is 1. The lowest BCUT2D eigenvalue weighted by Crippen LogP contribution is -2.10. The Bertz CT molecular complexity index is 1120. The molecule has 0 saturated carbocycles. The van der Waals surface area contributed by atoms with Crippen molar-refractivity contribution in [2.24, 2.45) is 5.73 Å². The van der Waals surface area contributed by atoms with Gasteiger partial charge in [0.1, 0.15) is 0 Å². The van der Waals surface area contributed by atoms with E-state index in [9.17, 15) is 4.79 Å². The van der Waals surface area contributed by atoms with Gasteiger partial charge in [-0.15, -0.1) is 10.2 Å². The zero-order valence-electron chi connectivity index (χ0n) is 15.9. The van der Waals surface area contributed by atoms with Crippen LogP contribution in [0.3, 0.4) is 0 Å². The first-order valence-electron chi connectivity index (χ1n) is 9.21. The average Bonchev–Trinajstić information content (AvgIpc) is 3.17. The van der Waals surface area contributed by atoms with Crippen LogP contribution in [0, 0.1) is 6.92 Å². The number of benzene rings is 3. The van der Waals surface area contributed by atoms with Gasteiger partial charge in [-0.05, 0) is 36.8 Å². The van der Waals surface area contributed by atoms with Gasteiger partial charge in [0.15, 0.2) is 11.0 Å². The monoisotopic (exact) mass is 400 g/mol. The molecule has 0 fully saturated rings. The Morgan fingerprint density at radius 1 is 0.931 bits per heavy atom. The third-order valence-corrected chi connectivity index (χ3v) is 5.56. The Kier molecular flexibility index (Phi) is 5.44. The van der Waals surface area contributed by atoms with Crippen molar-refractivity contribution < 1.29 is 4.79 Å². The normalized spacial score (nSPS) is 10.8. The molecule has 3 aromatic carbocycles. The van der Waals surface area contributed by atoms with Gasteiger partial charge < -0.3 is 5.73 Å². The van der Waals surface area contributed by atoms with Gasteiger partial charge in [-0.25, -0.2) is 0 Å². The van der Waals surface area contributed by atoms with E-state index in [-0.39, 0.29) is 0 Å². The predicted octanol–water partition coefficient (Wildman–Crippen LogP) is 4.63. The van der Waals surface area contributed by atoms with Gasteiger partial charge in [0, 0.05) is 22.6 Å². The summed E-state index contributed by atoms with van der Waals surface area (Å²) in [5, 5.41) is 9.73. The molecule has 4 aromatic rings. The number of amides is 1. The van der Waals surface area contributed by atoms with Crippen LogP contribution in [-0.2, 0) is 5.75 Å². The van der Waals surface area contributed by atoms with Gasteiger partial charge in [-0.1, -0.05) is 71.9 Å². The number of aromatic nitrogens is 3. The summed E-state index contributed by atoms with van der Waals surface area (Å²) in [5.74, 6) is 1.09. The molecule has 0 unspecified atom stereocenters. The van der Waals surface area contributed by atoms with Crippen LogP contribution >= 0.6 is 11.8 Å². The highest BCUT2D eigenvalue weighted by Crippen LogP contribution is 2.29. The fourth-order valence-corrected chi connectivity index (χ4v) is 3.89. The topological polar surface area (TPSA) is 73.8 Å². The van der Waals surface area contributed by atoms with Gasteiger partial charge >= 0.3 is 0 Å². The van der Waals surface area contributed by atoms with Gasteiger partial charge in [0.25, 0.3) is 0 Å². The van der Waals surface area contributed by atoms with Crippen LogP contribution in [0.5, 0.6) is 0 Å². The minimum absolute atomic E-state index is 0.421. The van der Waals surface area contributed by atoms with Crippen molar-refractivity contribution in [1.82, 2.24) is 14.8 Å². The maximum atomic E-state index is 11.2. The number of carbonyl (C=O) groups excluding carboxylic acids is 1. The standard InChI is InChI=1S/C23H20N4OS/c1-16-7-13-20(14-8-16)27-22(19-5-3-2-4-6-19)25-26-23(27)29-15-17-9-11-18(12-10-17)21(24)28/h2-14H,15H2,1H3,(H2,24,28). The molecule has 0 atom stereocenters. The Morgan fingerprint density at radius 3 is 2.28 bits per heavy atom. The lowest BCUT2D eigenvalue weighted by atomic mass is 10.1. The lowest BCUT2D eigenvalue weighted by molar-refractivity contribution is 0.100. The number of nitrogens with zero attached hydrogens (tertiary/aromatic N) is 3. The van der Waals surface area contributed by atoms with Gasteiger partial charge in [0.05, 0.1) is 0 Å². The highest BCUT2D eigenvalue weighted by molar-refractivity contribution is 7.98. The van der Waals surface area contributed by atoms with E-state index in [0.717, 1.165) is 27.8 Å². The molecule has 6 heteroatoms. The first-order chi connectivity index (χ1) is 14.1. The first-order valence-corrected chi connectivity index (χ1v) is 10.2. The molecule has 144 valence electrons. The summed E-state index contributed by atoms with van der Waals surface area (Å²) in [5.41, 5.74) is 10.1. The quantitative estimate of drug-likeness (QED) is 0.479. The number of thioether (sulfide) groups is 1. The summed E-state index contributed by atoms with van der Waals surface area (Å²) in [4.78, 5) is 11.2. The Balaban J connectivity index is 1.67. The van der Waals surface area contributed by atoms with Crippen molar-refractivity contribution in [2.75, 3.05) is 0 Å². The van der Waals surface area contributed by atoms with E-state index in [4.69, 9.17) is 5.73 Å². The zero-order valence-corrected chi connectivity index (χ0v) is 16.8. The maximum Gasteiger partial charge on any atom is 0.248 e. The van der Waals surface area contributed by atoms with Crippen molar-refractivity contribution in [2.45, 2.75) is 17.8 Å². The van der Waals surface area contributed by atoms with Crippen molar-refractivity contribution in [3.05, 3.63) is 95.6 Å². The minimum Gasteiger partial charge on any atom is -0.366 e. The molecule has 0 radical (unpaired) electrons. The largest absolute Gasteiger partial charge is 0.366 e. The smallest absolute Gasteiger partial charge is 0.248 e.